The van der Waals surface area contributed by atoms with E-state index in [9.17, 15) is 13.2 Å². The quantitative estimate of drug-likeness (QED) is 0.756. The SMILES string of the molecule is CC[C@H](C(=O)Nc1ccc(Cl)cc1C)N(c1ccc(Cl)cc1)S(C)(=O)=O. The molecule has 1 atom stereocenters. The van der Waals surface area contributed by atoms with Gasteiger partial charge in [0.1, 0.15) is 6.04 Å². The number of hydrogen-bond donors (Lipinski definition) is 1. The van der Waals surface area contributed by atoms with Crippen molar-refractivity contribution in [3.63, 3.8) is 0 Å². The van der Waals surface area contributed by atoms with Crippen LogP contribution in [-0.2, 0) is 14.8 Å². The molecule has 140 valence electrons. The van der Waals surface area contributed by atoms with Gasteiger partial charge in [0.05, 0.1) is 11.9 Å². The van der Waals surface area contributed by atoms with E-state index in [0.717, 1.165) is 16.1 Å². The topological polar surface area (TPSA) is 66.5 Å². The van der Waals surface area contributed by atoms with Crippen LogP contribution in [0, 0.1) is 6.92 Å². The molecule has 0 fully saturated rings. The van der Waals surface area contributed by atoms with Gasteiger partial charge in [-0.1, -0.05) is 30.1 Å². The second-order valence-corrected chi connectivity index (χ2v) is 8.64. The average molecular weight is 415 g/mol. The lowest BCUT2D eigenvalue weighted by molar-refractivity contribution is -0.117. The van der Waals surface area contributed by atoms with Crippen molar-refractivity contribution in [3.8, 4) is 0 Å². The first-order chi connectivity index (χ1) is 12.1. The number of nitrogens with zero attached hydrogens (tertiary/aromatic N) is 1. The first-order valence-electron chi connectivity index (χ1n) is 7.95. The van der Waals surface area contributed by atoms with Gasteiger partial charge in [-0.15, -0.1) is 0 Å². The summed E-state index contributed by atoms with van der Waals surface area (Å²) >= 11 is 11.8. The van der Waals surface area contributed by atoms with Crippen LogP contribution in [0.2, 0.25) is 10.0 Å². The highest BCUT2D eigenvalue weighted by atomic mass is 35.5. The minimum atomic E-state index is -3.69. The van der Waals surface area contributed by atoms with E-state index in [1.807, 2.05) is 6.92 Å². The van der Waals surface area contributed by atoms with Crippen LogP contribution in [0.15, 0.2) is 42.5 Å². The van der Waals surface area contributed by atoms with E-state index in [2.05, 4.69) is 5.32 Å². The van der Waals surface area contributed by atoms with Crippen LogP contribution in [0.3, 0.4) is 0 Å². The van der Waals surface area contributed by atoms with Crippen molar-refractivity contribution in [2.24, 2.45) is 0 Å². The summed E-state index contributed by atoms with van der Waals surface area (Å²) in [5.41, 5.74) is 1.76. The van der Waals surface area contributed by atoms with Gasteiger partial charge < -0.3 is 5.32 Å². The van der Waals surface area contributed by atoms with Crippen LogP contribution >= 0.6 is 23.2 Å². The van der Waals surface area contributed by atoms with Gasteiger partial charge in [-0.25, -0.2) is 8.42 Å². The summed E-state index contributed by atoms with van der Waals surface area (Å²) in [5, 5.41) is 3.84. The van der Waals surface area contributed by atoms with Crippen LogP contribution in [0.25, 0.3) is 0 Å². The summed E-state index contributed by atoms with van der Waals surface area (Å²) in [6.45, 7) is 3.57. The summed E-state index contributed by atoms with van der Waals surface area (Å²) < 4.78 is 25.9. The van der Waals surface area contributed by atoms with Crippen LogP contribution in [0.4, 0.5) is 11.4 Å². The molecule has 2 aromatic rings. The van der Waals surface area contributed by atoms with Crippen LogP contribution in [0.1, 0.15) is 18.9 Å². The molecule has 2 aromatic carbocycles. The highest BCUT2D eigenvalue weighted by Crippen LogP contribution is 2.26. The Morgan fingerprint density at radius 2 is 1.69 bits per heavy atom. The number of halogens is 2. The predicted octanol–water partition coefficient (Wildman–Crippen LogP) is 4.49. The van der Waals surface area contributed by atoms with Crippen LogP contribution < -0.4 is 9.62 Å². The number of hydrogen-bond acceptors (Lipinski definition) is 3. The number of nitrogens with one attached hydrogen (secondary N) is 1. The normalized spacial score (nSPS) is 12.5. The fourth-order valence-corrected chi connectivity index (χ4v) is 4.20. The Morgan fingerprint density at radius 1 is 1.12 bits per heavy atom. The zero-order chi connectivity index (χ0) is 19.5. The van der Waals surface area contributed by atoms with Gasteiger partial charge in [0.2, 0.25) is 15.9 Å². The zero-order valence-electron chi connectivity index (χ0n) is 14.7. The number of carbonyl (C=O) groups is 1. The lowest BCUT2D eigenvalue weighted by atomic mass is 10.1. The molecule has 2 rings (SSSR count). The van der Waals surface area contributed by atoms with Crippen molar-refractivity contribution in [1.82, 2.24) is 0 Å². The third-order valence-corrected chi connectivity index (χ3v) is 5.52. The third-order valence-electron chi connectivity index (χ3n) is 3.86. The molecule has 5 nitrogen and oxygen atoms in total. The Labute approximate surface area is 164 Å². The molecule has 0 spiro atoms. The van der Waals surface area contributed by atoms with Gasteiger partial charge in [0.25, 0.3) is 0 Å². The zero-order valence-corrected chi connectivity index (χ0v) is 17.0. The van der Waals surface area contributed by atoms with Crippen molar-refractivity contribution < 1.29 is 13.2 Å². The number of benzene rings is 2. The Kier molecular flexibility index (Phi) is 6.55. The molecule has 1 amide bonds. The number of aryl methyl sites for hydroxylation is 1. The molecule has 0 aliphatic heterocycles. The fraction of sp³-hybridized carbons (Fsp3) is 0.278. The van der Waals surface area contributed by atoms with E-state index in [4.69, 9.17) is 23.2 Å². The molecule has 0 saturated carbocycles. The number of rotatable bonds is 6. The highest BCUT2D eigenvalue weighted by Gasteiger charge is 2.31. The van der Waals surface area contributed by atoms with Gasteiger partial charge in [-0.2, -0.15) is 0 Å². The number of sulfonamides is 1. The molecule has 0 saturated heterocycles. The van der Waals surface area contributed by atoms with Gasteiger partial charge in [0, 0.05) is 15.7 Å². The monoisotopic (exact) mass is 414 g/mol. The molecule has 0 heterocycles. The maximum atomic E-state index is 12.8. The first kappa shape index (κ1) is 20.6. The van der Waals surface area contributed by atoms with Gasteiger partial charge in [0.15, 0.2) is 0 Å². The number of anilines is 2. The third kappa shape index (κ3) is 4.90. The van der Waals surface area contributed by atoms with Crippen molar-refractivity contribution in [1.29, 1.82) is 0 Å². The predicted molar refractivity (Wildman–Crippen MR) is 108 cm³/mol. The smallest absolute Gasteiger partial charge is 0.248 e. The van der Waals surface area contributed by atoms with Gasteiger partial charge in [-0.05, 0) is 61.4 Å². The highest BCUT2D eigenvalue weighted by molar-refractivity contribution is 7.92. The van der Waals surface area contributed by atoms with Crippen molar-refractivity contribution in [3.05, 3.63) is 58.1 Å². The van der Waals surface area contributed by atoms with E-state index >= 15 is 0 Å². The average Bonchev–Trinajstić information content (AvgIpc) is 2.55. The Bertz CT molecular complexity index is 899. The van der Waals surface area contributed by atoms with Gasteiger partial charge in [-0.3, -0.25) is 9.10 Å². The maximum Gasteiger partial charge on any atom is 0.248 e. The lowest BCUT2D eigenvalue weighted by Gasteiger charge is -2.30. The van der Waals surface area contributed by atoms with E-state index in [0.29, 0.717) is 27.8 Å². The molecule has 0 aliphatic rings. The van der Waals surface area contributed by atoms with Crippen molar-refractivity contribution in [2.45, 2.75) is 26.3 Å². The van der Waals surface area contributed by atoms with E-state index in [-0.39, 0.29) is 0 Å². The summed E-state index contributed by atoms with van der Waals surface area (Å²) in [6, 6.07) is 10.5. The van der Waals surface area contributed by atoms with Gasteiger partial charge >= 0.3 is 0 Å². The second-order valence-electron chi connectivity index (χ2n) is 5.91. The Morgan fingerprint density at radius 3 is 2.19 bits per heavy atom. The molecule has 0 aromatic heterocycles. The van der Waals surface area contributed by atoms with E-state index in [1.54, 1.807) is 49.4 Å². The Hall–Kier alpha value is -1.76. The van der Waals surface area contributed by atoms with Crippen LogP contribution in [0.5, 0.6) is 0 Å². The van der Waals surface area contributed by atoms with E-state index < -0.39 is 22.0 Å². The fourth-order valence-electron chi connectivity index (χ4n) is 2.63. The second kappa shape index (κ2) is 8.29. The molecule has 0 unspecified atom stereocenters. The molecule has 8 heteroatoms. The van der Waals surface area contributed by atoms with E-state index in [1.165, 1.54) is 0 Å². The molecule has 0 bridgehead atoms. The lowest BCUT2D eigenvalue weighted by Crippen LogP contribution is -2.47. The standard InChI is InChI=1S/C18H20Cl2N2O3S/c1-4-17(18(23)21-16-10-7-14(20)11-12(16)2)22(26(3,24)25)15-8-5-13(19)6-9-15/h5-11,17H,4H2,1-3H3,(H,21,23)/t17-/m1/s1. The largest absolute Gasteiger partial charge is 0.324 e. The molecule has 0 radical (unpaired) electrons. The van der Waals surface area contributed by atoms with Crippen molar-refractivity contribution >= 4 is 50.5 Å². The summed E-state index contributed by atoms with van der Waals surface area (Å²) in [7, 11) is -3.69. The van der Waals surface area contributed by atoms with Crippen molar-refractivity contribution in [2.75, 3.05) is 15.9 Å². The van der Waals surface area contributed by atoms with Crippen LogP contribution in [-0.4, -0.2) is 26.6 Å². The minimum Gasteiger partial charge on any atom is -0.324 e. The summed E-state index contributed by atoms with van der Waals surface area (Å²) in [6.07, 6.45) is 1.37. The number of amides is 1. The Balaban J connectivity index is 2.38. The molecular formula is C18H20Cl2N2O3S. The minimum absolute atomic E-state index is 0.300. The summed E-state index contributed by atoms with van der Waals surface area (Å²) in [5.74, 6) is -0.418. The molecule has 0 aliphatic carbocycles. The maximum absolute atomic E-state index is 12.8. The molecule has 26 heavy (non-hydrogen) atoms. The summed E-state index contributed by atoms with van der Waals surface area (Å²) in [4.78, 5) is 12.8. The molecular weight excluding hydrogens is 395 g/mol. The number of carbonyl (C=O) groups excluding carboxylic acids is 1. The first-order valence-corrected chi connectivity index (χ1v) is 10.6. The molecule has 1 N–H and O–H groups in total.